The normalized spacial score (nSPS) is 23.8. The predicted octanol–water partition coefficient (Wildman–Crippen LogP) is -0.301. The van der Waals surface area contributed by atoms with E-state index in [1.807, 2.05) is 0 Å². The molecule has 2 rings (SSSR count). The number of nitrogens with one attached hydrogen (secondary N) is 2. The van der Waals surface area contributed by atoms with Gasteiger partial charge >= 0.3 is 17.9 Å². The molecule has 0 aromatic heterocycles. The summed E-state index contributed by atoms with van der Waals surface area (Å²) in [5.74, 6) is -3.14. The number of carbonyl (C=O) groups is 5. The summed E-state index contributed by atoms with van der Waals surface area (Å²) in [6, 6.07) is 7.18. The highest BCUT2D eigenvalue weighted by Crippen LogP contribution is 2.27. The van der Waals surface area contributed by atoms with Gasteiger partial charge in [0.05, 0.1) is 6.54 Å². The number of amides is 2. The molecule has 2 N–H and O–H groups in total. The Bertz CT molecular complexity index is 891. The lowest BCUT2D eigenvalue weighted by Gasteiger charge is -2.44. The maximum absolute atomic E-state index is 12.6. The van der Waals surface area contributed by atoms with E-state index in [2.05, 4.69) is 10.6 Å². The molecule has 0 radical (unpaired) electrons. The molecule has 1 saturated heterocycles. The average molecular weight is 480 g/mol. The van der Waals surface area contributed by atoms with Crippen molar-refractivity contribution in [1.82, 2.24) is 10.6 Å². The fraction of sp³-hybridized carbons (Fsp3) is 0.500. The Kier molecular flexibility index (Phi) is 9.95. The summed E-state index contributed by atoms with van der Waals surface area (Å²) >= 11 is 0. The third kappa shape index (κ3) is 7.81. The molecule has 2 amide bonds. The van der Waals surface area contributed by atoms with Crippen LogP contribution in [0, 0.1) is 0 Å². The second-order valence-corrected chi connectivity index (χ2v) is 7.37. The van der Waals surface area contributed by atoms with Crippen LogP contribution in [-0.2, 0) is 42.9 Å². The van der Waals surface area contributed by atoms with Crippen molar-refractivity contribution in [3.8, 4) is 0 Å². The van der Waals surface area contributed by atoms with Crippen molar-refractivity contribution in [2.24, 2.45) is 0 Å². The second-order valence-electron chi connectivity index (χ2n) is 7.37. The van der Waals surface area contributed by atoms with Gasteiger partial charge in [0.15, 0.2) is 18.5 Å². The Morgan fingerprint density at radius 2 is 1.53 bits per heavy atom. The SMILES string of the molecule is COC1OC(COC(C)=O)C(OC(C)=O)C(OC(C)=O)C1NC(=O)CNC(=O)c1ccccc1. The molecular weight excluding hydrogens is 452 g/mol. The van der Waals surface area contributed by atoms with Crippen molar-refractivity contribution < 1.29 is 47.7 Å². The van der Waals surface area contributed by atoms with Gasteiger partial charge in [-0.15, -0.1) is 0 Å². The largest absolute Gasteiger partial charge is 0.463 e. The molecular formula is C22H28N2O10. The van der Waals surface area contributed by atoms with Crippen molar-refractivity contribution in [1.29, 1.82) is 0 Å². The first kappa shape index (κ1) is 26.7. The predicted molar refractivity (Wildman–Crippen MR) is 114 cm³/mol. The molecule has 0 spiro atoms. The van der Waals surface area contributed by atoms with Crippen molar-refractivity contribution >= 4 is 29.7 Å². The van der Waals surface area contributed by atoms with Crippen LogP contribution in [0.4, 0.5) is 0 Å². The van der Waals surface area contributed by atoms with Gasteiger partial charge < -0.3 is 34.3 Å². The highest BCUT2D eigenvalue weighted by molar-refractivity contribution is 5.96. The number of methoxy groups -OCH3 is 1. The van der Waals surface area contributed by atoms with E-state index in [0.717, 1.165) is 13.8 Å². The van der Waals surface area contributed by atoms with E-state index in [0.29, 0.717) is 5.56 Å². The van der Waals surface area contributed by atoms with Gasteiger partial charge in [0.1, 0.15) is 18.8 Å². The molecule has 1 aliphatic rings. The van der Waals surface area contributed by atoms with Crippen molar-refractivity contribution in [2.45, 2.75) is 51.4 Å². The fourth-order valence-electron chi connectivity index (χ4n) is 3.35. The number of hydrogen-bond donors (Lipinski definition) is 2. The molecule has 0 aliphatic carbocycles. The minimum atomic E-state index is -1.24. The van der Waals surface area contributed by atoms with E-state index >= 15 is 0 Å². The van der Waals surface area contributed by atoms with Crippen molar-refractivity contribution in [3.63, 3.8) is 0 Å². The van der Waals surface area contributed by atoms with E-state index in [4.69, 9.17) is 23.7 Å². The Balaban J connectivity index is 2.19. The number of esters is 3. The molecule has 186 valence electrons. The lowest BCUT2D eigenvalue weighted by Crippen LogP contribution is -2.67. The van der Waals surface area contributed by atoms with Crippen LogP contribution < -0.4 is 10.6 Å². The fourth-order valence-corrected chi connectivity index (χ4v) is 3.35. The number of ether oxygens (including phenoxy) is 5. The number of carbonyl (C=O) groups excluding carboxylic acids is 5. The Hall–Kier alpha value is -3.51. The minimum Gasteiger partial charge on any atom is -0.463 e. The lowest BCUT2D eigenvalue weighted by atomic mass is 9.96. The summed E-state index contributed by atoms with van der Waals surface area (Å²) in [7, 11) is 1.29. The van der Waals surface area contributed by atoms with Crippen molar-refractivity contribution in [2.75, 3.05) is 20.3 Å². The first-order valence-electron chi connectivity index (χ1n) is 10.4. The van der Waals surface area contributed by atoms with Gasteiger partial charge in [0.2, 0.25) is 5.91 Å². The van der Waals surface area contributed by atoms with Gasteiger partial charge in [0, 0.05) is 33.4 Å². The highest BCUT2D eigenvalue weighted by Gasteiger charge is 2.51. The van der Waals surface area contributed by atoms with Gasteiger partial charge in [0.25, 0.3) is 5.91 Å². The number of rotatable bonds is 9. The molecule has 12 heteroatoms. The zero-order valence-corrected chi connectivity index (χ0v) is 19.3. The summed E-state index contributed by atoms with van der Waals surface area (Å²) in [5, 5.41) is 5.07. The van der Waals surface area contributed by atoms with Crippen LogP contribution >= 0.6 is 0 Å². The van der Waals surface area contributed by atoms with Crippen molar-refractivity contribution in [3.05, 3.63) is 35.9 Å². The van der Waals surface area contributed by atoms with E-state index in [1.54, 1.807) is 30.3 Å². The van der Waals surface area contributed by atoms with Crippen LogP contribution in [0.2, 0.25) is 0 Å². The van der Waals surface area contributed by atoms with Crippen LogP contribution in [0.5, 0.6) is 0 Å². The van der Waals surface area contributed by atoms with Gasteiger partial charge in [-0.1, -0.05) is 18.2 Å². The Morgan fingerprint density at radius 3 is 2.09 bits per heavy atom. The minimum absolute atomic E-state index is 0.321. The van der Waals surface area contributed by atoms with Crippen LogP contribution in [-0.4, -0.2) is 80.6 Å². The van der Waals surface area contributed by atoms with Crippen LogP contribution in [0.1, 0.15) is 31.1 Å². The van der Waals surface area contributed by atoms with Crippen LogP contribution in [0.15, 0.2) is 30.3 Å². The monoisotopic (exact) mass is 480 g/mol. The molecule has 34 heavy (non-hydrogen) atoms. The molecule has 1 fully saturated rings. The van der Waals surface area contributed by atoms with Gasteiger partial charge in [-0.05, 0) is 12.1 Å². The third-order valence-electron chi connectivity index (χ3n) is 4.71. The first-order valence-corrected chi connectivity index (χ1v) is 10.4. The zero-order chi connectivity index (χ0) is 25.3. The zero-order valence-electron chi connectivity index (χ0n) is 19.3. The maximum Gasteiger partial charge on any atom is 0.303 e. The van der Waals surface area contributed by atoms with E-state index < -0.39 is 66.9 Å². The van der Waals surface area contributed by atoms with E-state index in [1.165, 1.54) is 14.0 Å². The Labute approximate surface area is 196 Å². The highest BCUT2D eigenvalue weighted by atomic mass is 16.7. The molecule has 5 atom stereocenters. The van der Waals surface area contributed by atoms with Crippen LogP contribution in [0.25, 0.3) is 0 Å². The topological polar surface area (TPSA) is 156 Å². The Morgan fingerprint density at radius 1 is 0.912 bits per heavy atom. The first-order chi connectivity index (χ1) is 16.1. The molecule has 12 nitrogen and oxygen atoms in total. The quantitative estimate of drug-likeness (QED) is 0.355. The summed E-state index contributed by atoms with van der Waals surface area (Å²) in [6.45, 7) is 2.75. The molecule has 0 saturated carbocycles. The third-order valence-corrected chi connectivity index (χ3v) is 4.71. The van der Waals surface area contributed by atoms with Gasteiger partial charge in [-0.2, -0.15) is 0 Å². The maximum atomic E-state index is 12.6. The second kappa shape index (κ2) is 12.7. The van der Waals surface area contributed by atoms with Gasteiger partial charge in [-0.3, -0.25) is 24.0 Å². The molecule has 0 bridgehead atoms. The van der Waals surface area contributed by atoms with Gasteiger partial charge in [-0.25, -0.2) is 0 Å². The lowest BCUT2D eigenvalue weighted by molar-refractivity contribution is -0.271. The van der Waals surface area contributed by atoms with E-state index in [9.17, 15) is 24.0 Å². The smallest absolute Gasteiger partial charge is 0.303 e. The number of benzene rings is 1. The number of hydrogen-bond acceptors (Lipinski definition) is 10. The summed E-state index contributed by atoms with van der Waals surface area (Å²) < 4.78 is 26.7. The molecule has 5 unspecified atom stereocenters. The molecule has 1 aromatic rings. The summed E-state index contributed by atoms with van der Waals surface area (Å²) in [6.07, 6.45) is -4.68. The molecule has 1 aliphatic heterocycles. The summed E-state index contributed by atoms with van der Waals surface area (Å²) in [5.41, 5.74) is 0.368. The van der Waals surface area contributed by atoms with Crippen LogP contribution in [0.3, 0.4) is 0 Å². The standard InChI is InChI=1S/C22H28N2O10/c1-12(25)31-11-16-19(32-13(2)26)20(33-14(3)27)18(22(30-4)34-16)24-17(28)10-23-21(29)15-8-6-5-7-9-15/h5-9,16,18-20,22H,10-11H2,1-4H3,(H,23,29)(H,24,28). The van der Waals surface area contributed by atoms with E-state index in [-0.39, 0.29) is 6.61 Å². The molecule has 1 heterocycles. The average Bonchev–Trinajstić information content (AvgIpc) is 2.78. The summed E-state index contributed by atoms with van der Waals surface area (Å²) in [4.78, 5) is 59.6. The molecule has 1 aromatic carbocycles.